The third-order valence-corrected chi connectivity index (χ3v) is 5.68. The molecule has 2 heterocycles. The molecule has 5 nitrogen and oxygen atoms in total. The number of carbonyl (C=O) groups is 2. The molecule has 5 heteroatoms. The third-order valence-electron chi connectivity index (χ3n) is 5.68. The van der Waals surface area contributed by atoms with Crippen molar-refractivity contribution in [2.45, 2.75) is 33.6 Å². The summed E-state index contributed by atoms with van der Waals surface area (Å²) in [6.07, 6.45) is 2.07. The van der Waals surface area contributed by atoms with Gasteiger partial charge in [-0.05, 0) is 74.6 Å². The minimum Gasteiger partial charge on any atom is -0.494 e. The van der Waals surface area contributed by atoms with Crippen LogP contribution in [0.25, 0.3) is 5.57 Å². The van der Waals surface area contributed by atoms with Crippen molar-refractivity contribution in [3.8, 4) is 5.75 Å². The number of imide groups is 1. The number of ether oxygens (including phenoxy) is 1. The van der Waals surface area contributed by atoms with E-state index in [2.05, 4.69) is 4.90 Å². The first-order chi connectivity index (χ1) is 14.0. The molecule has 2 aromatic carbocycles. The van der Waals surface area contributed by atoms with E-state index < -0.39 is 0 Å². The van der Waals surface area contributed by atoms with E-state index in [4.69, 9.17) is 4.74 Å². The van der Waals surface area contributed by atoms with E-state index in [1.807, 2.05) is 63.2 Å². The van der Waals surface area contributed by atoms with E-state index >= 15 is 0 Å². The lowest BCUT2D eigenvalue weighted by Crippen LogP contribution is -2.34. The quantitative estimate of drug-likeness (QED) is 0.722. The molecule has 2 aliphatic heterocycles. The molecule has 1 saturated heterocycles. The van der Waals surface area contributed by atoms with Gasteiger partial charge in [0.15, 0.2) is 0 Å². The Labute approximate surface area is 171 Å². The highest BCUT2D eigenvalue weighted by atomic mass is 16.5. The summed E-state index contributed by atoms with van der Waals surface area (Å²) >= 11 is 0. The van der Waals surface area contributed by atoms with Gasteiger partial charge in [-0.15, -0.1) is 0 Å². The van der Waals surface area contributed by atoms with E-state index in [1.54, 1.807) is 0 Å². The smallest absolute Gasteiger partial charge is 0.282 e. The van der Waals surface area contributed by atoms with Gasteiger partial charge in [-0.25, -0.2) is 4.90 Å². The van der Waals surface area contributed by atoms with Crippen LogP contribution in [0.5, 0.6) is 5.75 Å². The lowest BCUT2D eigenvalue weighted by Gasteiger charge is -2.20. The predicted octanol–water partition coefficient (Wildman–Crippen LogP) is 4.08. The van der Waals surface area contributed by atoms with Crippen LogP contribution in [0, 0.1) is 13.8 Å². The molecule has 2 aromatic rings. The van der Waals surface area contributed by atoms with Crippen molar-refractivity contribution in [1.82, 2.24) is 4.90 Å². The highest BCUT2D eigenvalue weighted by Crippen LogP contribution is 2.37. The maximum atomic E-state index is 13.5. The fourth-order valence-corrected chi connectivity index (χ4v) is 4.00. The highest BCUT2D eigenvalue weighted by Gasteiger charge is 2.43. The van der Waals surface area contributed by atoms with E-state index in [0.29, 0.717) is 23.6 Å². The van der Waals surface area contributed by atoms with Crippen molar-refractivity contribution in [3.05, 3.63) is 64.9 Å². The highest BCUT2D eigenvalue weighted by molar-refractivity contribution is 6.45. The van der Waals surface area contributed by atoms with Gasteiger partial charge in [0.1, 0.15) is 11.4 Å². The number of anilines is 1. The summed E-state index contributed by atoms with van der Waals surface area (Å²) in [6, 6.07) is 13.1. The maximum absolute atomic E-state index is 13.5. The van der Waals surface area contributed by atoms with Gasteiger partial charge in [0.2, 0.25) is 0 Å². The molecule has 0 saturated carbocycles. The molecule has 0 unspecified atom stereocenters. The summed E-state index contributed by atoms with van der Waals surface area (Å²) in [5.74, 6) is 0.260. The van der Waals surface area contributed by atoms with E-state index in [1.165, 1.54) is 4.90 Å². The third kappa shape index (κ3) is 3.41. The van der Waals surface area contributed by atoms with Gasteiger partial charge in [0.05, 0.1) is 17.9 Å². The zero-order valence-electron chi connectivity index (χ0n) is 17.2. The Kier molecular flexibility index (Phi) is 5.14. The van der Waals surface area contributed by atoms with Crippen LogP contribution >= 0.6 is 0 Å². The molecule has 0 bridgehead atoms. The number of carbonyl (C=O) groups excluding carboxylic acids is 2. The first-order valence-corrected chi connectivity index (χ1v) is 10.2. The summed E-state index contributed by atoms with van der Waals surface area (Å²) < 4.78 is 5.52. The summed E-state index contributed by atoms with van der Waals surface area (Å²) in [4.78, 5) is 30.3. The minimum absolute atomic E-state index is 0.232. The predicted molar refractivity (Wildman–Crippen MR) is 114 cm³/mol. The molecule has 4 rings (SSSR count). The number of aryl methyl sites for hydroxylation is 2. The van der Waals surface area contributed by atoms with Gasteiger partial charge in [-0.3, -0.25) is 9.59 Å². The van der Waals surface area contributed by atoms with E-state index in [-0.39, 0.29) is 11.8 Å². The van der Waals surface area contributed by atoms with Crippen LogP contribution in [-0.2, 0) is 9.59 Å². The largest absolute Gasteiger partial charge is 0.494 e. The fraction of sp³-hybridized carbons (Fsp3) is 0.333. The molecule has 1 fully saturated rings. The standard InChI is InChI=1S/C24H26N2O3/c1-4-29-20-11-8-18(9-12-20)21-22(25-13-5-6-14-25)24(28)26(23(21)27)19-10-7-16(2)17(3)15-19/h7-12,15H,4-6,13-14H2,1-3H3. The summed E-state index contributed by atoms with van der Waals surface area (Å²) in [6.45, 7) is 8.13. The van der Waals surface area contributed by atoms with Crippen molar-refractivity contribution in [3.63, 3.8) is 0 Å². The minimum atomic E-state index is -0.260. The van der Waals surface area contributed by atoms with Gasteiger partial charge in [0.25, 0.3) is 11.8 Å². The molecule has 2 aliphatic rings. The Morgan fingerprint density at radius 2 is 1.59 bits per heavy atom. The van der Waals surface area contributed by atoms with Crippen LogP contribution in [0.15, 0.2) is 48.2 Å². The number of likely N-dealkylation sites (tertiary alicyclic amines) is 1. The van der Waals surface area contributed by atoms with Crippen LogP contribution in [-0.4, -0.2) is 36.4 Å². The van der Waals surface area contributed by atoms with Crippen molar-refractivity contribution < 1.29 is 14.3 Å². The van der Waals surface area contributed by atoms with E-state index in [9.17, 15) is 9.59 Å². The molecule has 0 N–H and O–H groups in total. The number of amides is 2. The molecule has 0 spiro atoms. The number of hydrogen-bond donors (Lipinski definition) is 0. The van der Waals surface area contributed by atoms with Crippen molar-refractivity contribution in [1.29, 1.82) is 0 Å². The Hall–Kier alpha value is -3.08. The first kappa shape index (κ1) is 19.2. The second kappa shape index (κ2) is 7.74. The van der Waals surface area contributed by atoms with Crippen LogP contribution in [0.3, 0.4) is 0 Å². The molecular weight excluding hydrogens is 364 g/mol. The zero-order valence-corrected chi connectivity index (χ0v) is 17.2. The number of benzene rings is 2. The van der Waals surface area contributed by atoms with Gasteiger partial charge in [0, 0.05) is 13.1 Å². The number of rotatable bonds is 5. The van der Waals surface area contributed by atoms with Gasteiger partial charge in [-0.1, -0.05) is 18.2 Å². The molecule has 0 aromatic heterocycles. The maximum Gasteiger partial charge on any atom is 0.282 e. The van der Waals surface area contributed by atoms with Gasteiger partial charge >= 0.3 is 0 Å². The second-order valence-corrected chi connectivity index (χ2v) is 7.59. The van der Waals surface area contributed by atoms with Crippen LogP contribution in [0.2, 0.25) is 0 Å². The lowest BCUT2D eigenvalue weighted by atomic mass is 10.0. The Balaban J connectivity index is 1.78. The molecule has 0 atom stereocenters. The van der Waals surface area contributed by atoms with Gasteiger partial charge < -0.3 is 9.64 Å². The van der Waals surface area contributed by atoms with Crippen LogP contribution < -0.4 is 9.64 Å². The summed E-state index contributed by atoms with van der Waals surface area (Å²) in [5, 5.41) is 0. The molecule has 2 amide bonds. The molecule has 29 heavy (non-hydrogen) atoms. The Morgan fingerprint density at radius 1 is 0.897 bits per heavy atom. The van der Waals surface area contributed by atoms with Crippen LogP contribution in [0.1, 0.15) is 36.5 Å². The lowest BCUT2D eigenvalue weighted by molar-refractivity contribution is -0.120. The molecule has 0 radical (unpaired) electrons. The SMILES string of the molecule is CCOc1ccc(C2=C(N3CCCC3)C(=O)N(c3ccc(C)c(C)c3)C2=O)cc1. The topological polar surface area (TPSA) is 49.9 Å². The normalized spacial score (nSPS) is 16.9. The zero-order chi connectivity index (χ0) is 20.5. The average Bonchev–Trinajstić information content (AvgIpc) is 3.31. The Morgan fingerprint density at radius 3 is 2.21 bits per heavy atom. The average molecular weight is 390 g/mol. The van der Waals surface area contributed by atoms with Crippen molar-refractivity contribution in [2.24, 2.45) is 0 Å². The molecule has 0 aliphatic carbocycles. The number of hydrogen-bond acceptors (Lipinski definition) is 4. The summed E-state index contributed by atoms with van der Waals surface area (Å²) in [7, 11) is 0. The van der Waals surface area contributed by atoms with Crippen molar-refractivity contribution >= 4 is 23.1 Å². The second-order valence-electron chi connectivity index (χ2n) is 7.59. The monoisotopic (exact) mass is 390 g/mol. The van der Waals surface area contributed by atoms with E-state index in [0.717, 1.165) is 48.4 Å². The first-order valence-electron chi connectivity index (χ1n) is 10.2. The van der Waals surface area contributed by atoms with Crippen molar-refractivity contribution in [2.75, 3.05) is 24.6 Å². The Bertz CT molecular complexity index is 986. The van der Waals surface area contributed by atoms with Gasteiger partial charge in [-0.2, -0.15) is 0 Å². The fourth-order valence-electron chi connectivity index (χ4n) is 4.00. The van der Waals surface area contributed by atoms with Crippen LogP contribution in [0.4, 0.5) is 5.69 Å². The number of nitrogens with zero attached hydrogens (tertiary/aromatic N) is 2. The molecule has 150 valence electrons. The molecular formula is C24H26N2O3. The summed E-state index contributed by atoms with van der Waals surface area (Å²) in [5.41, 5.74) is 4.57.